The number of halogens is 1. The molecule has 1 saturated carbocycles. The molecule has 2 aliphatic carbocycles. The second-order valence-electron chi connectivity index (χ2n) is 11.9. The Kier molecular flexibility index (Phi) is 11.4. The minimum Gasteiger partial charge on any atom is -0.493 e. The summed E-state index contributed by atoms with van der Waals surface area (Å²) in [7, 11) is 1.50. The summed E-state index contributed by atoms with van der Waals surface area (Å²) in [4.78, 5) is 32.5. The molecule has 3 atom stereocenters. The molecule has 3 aromatic rings. The molecule has 5 rings (SSSR count). The smallest absolute Gasteiger partial charge is 0.247 e. The number of carbonyl (C=O) groups is 2. The standard InChI is InChI=1S/C34H42IN3O7/c1-44-30-15-22(20-40)14-26(35)33(30)45-29-19-24(34(43)36-11-13-39)18-28(32(29)42)38(31(41)16-21-6-2-3-7-21)12-10-25-17-23-8-4-5-9-27(23)37-25/h4-5,8-9,14-15,17,19,21,28-29,32,37,39-40,42H,2-3,6-7,10-13,16,18,20H2,1H3,(H,36,43). The summed E-state index contributed by atoms with van der Waals surface area (Å²) in [5.41, 5.74) is 3.01. The highest BCUT2D eigenvalue weighted by Gasteiger charge is 2.41. The highest BCUT2D eigenvalue weighted by atomic mass is 127. The van der Waals surface area contributed by atoms with Gasteiger partial charge < -0.3 is 40.0 Å². The van der Waals surface area contributed by atoms with Gasteiger partial charge in [-0.3, -0.25) is 9.59 Å². The fraction of sp³-hybridized carbons (Fsp3) is 0.471. The number of aliphatic hydroxyl groups is 3. The number of nitrogens with zero attached hydrogens (tertiary/aromatic N) is 1. The molecule has 1 aromatic heterocycles. The van der Waals surface area contributed by atoms with Crippen LogP contribution >= 0.6 is 22.6 Å². The first kappa shape index (κ1) is 33.2. The van der Waals surface area contributed by atoms with Crippen molar-refractivity contribution in [3.8, 4) is 11.5 Å². The molecule has 242 valence electrons. The molecule has 2 aliphatic rings. The number of methoxy groups -OCH3 is 1. The summed E-state index contributed by atoms with van der Waals surface area (Å²) in [5.74, 6) is 0.628. The minimum absolute atomic E-state index is 0.0442. The van der Waals surface area contributed by atoms with Gasteiger partial charge in [-0.05, 0) is 82.6 Å². The monoisotopic (exact) mass is 731 g/mol. The van der Waals surface area contributed by atoms with Crippen LogP contribution in [0.1, 0.15) is 49.8 Å². The van der Waals surface area contributed by atoms with E-state index in [2.05, 4.69) is 39.0 Å². The quantitative estimate of drug-likeness (QED) is 0.168. The van der Waals surface area contributed by atoms with E-state index in [9.17, 15) is 24.9 Å². The lowest BCUT2D eigenvalue weighted by Gasteiger charge is -2.41. The molecule has 3 unspecified atom stereocenters. The molecule has 11 heteroatoms. The number of rotatable bonds is 13. The zero-order chi connectivity index (χ0) is 31.9. The van der Waals surface area contributed by atoms with E-state index in [0.717, 1.165) is 42.3 Å². The Morgan fingerprint density at radius 2 is 1.91 bits per heavy atom. The molecule has 10 nitrogen and oxygen atoms in total. The molecule has 0 bridgehead atoms. The Hall–Kier alpha value is -3.13. The number of aliphatic hydroxyl groups excluding tert-OH is 3. The van der Waals surface area contributed by atoms with E-state index < -0.39 is 18.2 Å². The third-order valence-electron chi connectivity index (χ3n) is 8.81. The molecule has 0 radical (unpaired) electrons. The number of nitrogens with one attached hydrogen (secondary N) is 2. The van der Waals surface area contributed by atoms with Crippen molar-refractivity contribution < 1.29 is 34.4 Å². The maximum atomic E-state index is 14.0. The Bertz CT molecular complexity index is 1480. The van der Waals surface area contributed by atoms with Crippen molar-refractivity contribution in [1.82, 2.24) is 15.2 Å². The van der Waals surface area contributed by atoms with Gasteiger partial charge in [0.05, 0.1) is 29.9 Å². The SMILES string of the molecule is COc1cc(CO)cc(I)c1OC1C=C(C(=O)NCCO)CC(N(CCc2cc3ccccc3[nH]2)C(=O)CC2CCCC2)C1O. The lowest BCUT2D eigenvalue weighted by atomic mass is 9.87. The normalized spacial score (nSPS) is 20.2. The number of carbonyl (C=O) groups excluding carboxylic acids is 2. The lowest BCUT2D eigenvalue weighted by molar-refractivity contribution is -0.139. The Balaban J connectivity index is 1.47. The number of hydrogen-bond acceptors (Lipinski definition) is 7. The van der Waals surface area contributed by atoms with Crippen LogP contribution in [0.4, 0.5) is 0 Å². The average Bonchev–Trinajstić information content (AvgIpc) is 3.71. The van der Waals surface area contributed by atoms with Gasteiger partial charge in [0.1, 0.15) is 12.2 Å². The first-order valence-electron chi connectivity index (χ1n) is 15.6. The van der Waals surface area contributed by atoms with Gasteiger partial charge in [-0.15, -0.1) is 0 Å². The predicted octanol–water partition coefficient (Wildman–Crippen LogP) is 3.84. The fourth-order valence-corrected chi connectivity index (χ4v) is 7.25. The van der Waals surface area contributed by atoms with Crippen molar-refractivity contribution in [3.63, 3.8) is 0 Å². The van der Waals surface area contributed by atoms with Gasteiger partial charge >= 0.3 is 0 Å². The number of benzene rings is 2. The first-order chi connectivity index (χ1) is 21.8. The van der Waals surface area contributed by atoms with Crippen molar-refractivity contribution in [2.45, 2.75) is 69.8 Å². The van der Waals surface area contributed by atoms with Crippen molar-refractivity contribution in [2.75, 3.05) is 26.8 Å². The maximum absolute atomic E-state index is 14.0. The van der Waals surface area contributed by atoms with Crippen LogP contribution in [0.3, 0.4) is 0 Å². The number of para-hydroxylation sites is 1. The van der Waals surface area contributed by atoms with Crippen LogP contribution in [-0.2, 0) is 22.6 Å². The molecular formula is C34H42IN3O7. The number of fused-ring (bicyclic) bond motifs is 1. The molecule has 5 N–H and O–H groups in total. The Morgan fingerprint density at radius 3 is 2.62 bits per heavy atom. The molecule has 0 spiro atoms. The van der Waals surface area contributed by atoms with E-state index in [0.29, 0.717) is 51.5 Å². The zero-order valence-electron chi connectivity index (χ0n) is 25.5. The molecule has 1 fully saturated rings. The molecule has 1 heterocycles. The van der Waals surface area contributed by atoms with Crippen LogP contribution in [0.15, 0.2) is 54.1 Å². The predicted molar refractivity (Wildman–Crippen MR) is 179 cm³/mol. The fourth-order valence-electron chi connectivity index (χ4n) is 6.46. The average molecular weight is 732 g/mol. The second kappa shape index (κ2) is 15.4. The van der Waals surface area contributed by atoms with Gasteiger partial charge in [0.15, 0.2) is 11.5 Å². The summed E-state index contributed by atoms with van der Waals surface area (Å²) in [5, 5.41) is 34.7. The van der Waals surface area contributed by atoms with Crippen LogP contribution in [0.25, 0.3) is 10.9 Å². The summed E-state index contributed by atoms with van der Waals surface area (Å²) >= 11 is 2.09. The minimum atomic E-state index is -1.15. The Labute approximate surface area is 276 Å². The van der Waals surface area contributed by atoms with Crippen LogP contribution < -0.4 is 14.8 Å². The highest BCUT2D eigenvalue weighted by Crippen LogP contribution is 2.38. The first-order valence-corrected chi connectivity index (χ1v) is 16.7. The largest absolute Gasteiger partial charge is 0.493 e. The lowest BCUT2D eigenvalue weighted by Crippen LogP contribution is -2.55. The molecular weight excluding hydrogens is 689 g/mol. The van der Waals surface area contributed by atoms with E-state index in [-0.39, 0.29) is 38.0 Å². The third kappa shape index (κ3) is 8.00. The van der Waals surface area contributed by atoms with Crippen molar-refractivity contribution in [1.29, 1.82) is 0 Å². The van der Waals surface area contributed by atoms with Crippen molar-refractivity contribution >= 4 is 45.3 Å². The molecule has 0 saturated heterocycles. The van der Waals surface area contributed by atoms with Crippen molar-refractivity contribution in [2.24, 2.45) is 5.92 Å². The highest BCUT2D eigenvalue weighted by molar-refractivity contribution is 14.1. The van der Waals surface area contributed by atoms with Gasteiger partial charge in [0.25, 0.3) is 0 Å². The van der Waals surface area contributed by atoms with Gasteiger partial charge in [-0.2, -0.15) is 0 Å². The number of H-pyrrole nitrogens is 1. The topological polar surface area (TPSA) is 144 Å². The van der Waals surface area contributed by atoms with Gasteiger partial charge in [-0.1, -0.05) is 31.0 Å². The Morgan fingerprint density at radius 1 is 1.13 bits per heavy atom. The second-order valence-corrected chi connectivity index (χ2v) is 13.0. The molecule has 0 aliphatic heterocycles. The summed E-state index contributed by atoms with van der Waals surface area (Å²) < 4.78 is 12.6. The van der Waals surface area contributed by atoms with E-state index in [1.54, 1.807) is 23.1 Å². The number of aromatic amines is 1. The molecule has 45 heavy (non-hydrogen) atoms. The van der Waals surface area contributed by atoms with Gasteiger partial charge in [-0.25, -0.2) is 0 Å². The number of ether oxygens (including phenoxy) is 2. The number of hydrogen-bond donors (Lipinski definition) is 5. The summed E-state index contributed by atoms with van der Waals surface area (Å²) in [6.45, 7) is 0.0385. The number of aromatic nitrogens is 1. The maximum Gasteiger partial charge on any atom is 0.247 e. The summed E-state index contributed by atoms with van der Waals surface area (Å²) in [6, 6.07) is 12.8. The van der Waals surface area contributed by atoms with Gasteiger partial charge in [0.2, 0.25) is 11.8 Å². The van der Waals surface area contributed by atoms with Crippen LogP contribution in [-0.4, -0.2) is 82.1 Å². The van der Waals surface area contributed by atoms with E-state index >= 15 is 0 Å². The van der Waals surface area contributed by atoms with E-state index in [1.807, 2.05) is 24.3 Å². The van der Waals surface area contributed by atoms with E-state index in [1.165, 1.54) is 7.11 Å². The van der Waals surface area contributed by atoms with Crippen LogP contribution in [0, 0.1) is 9.49 Å². The van der Waals surface area contributed by atoms with Crippen LogP contribution in [0.2, 0.25) is 0 Å². The van der Waals surface area contributed by atoms with E-state index in [4.69, 9.17) is 9.47 Å². The van der Waals surface area contributed by atoms with Crippen LogP contribution in [0.5, 0.6) is 11.5 Å². The number of amides is 2. The van der Waals surface area contributed by atoms with Crippen molar-refractivity contribution in [3.05, 3.63) is 68.9 Å². The molecule has 2 amide bonds. The third-order valence-corrected chi connectivity index (χ3v) is 9.61. The molecule has 2 aromatic carbocycles. The van der Waals surface area contributed by atoms with Gasteiger partial charge in [0, 0.05) is 49.1 Å². The summed E-state index contributed by atoms with van der Waals surface area (Å²) in [6.07, 6.45) is 4.80. The zero-order valence-corrected chi connectivity index (χ0v) is 27.7.